The van der Waals surface area contributed by atoms with Gasteiger partial charge in [-0.25, -0.2) is 14.6 Å². The average molecular weight is 575 g/mol. The van der Waals surface area contributed by atoms with Gasteiger partial charge in [0, 0.05) is 10.6 Å². The summed E-state index contributed by atoms with van der Waals surface area (Å²) < 4.78 is 17.4. The van der Waals surface area contributed by atoms with E-state index in [4.69, 9.17) is 37.4 Å². The average Bonchev–Trinajstić information content (AvgIpc) is 3.21. The van der Waals surface area contributed by atoms with Crippen molar-refractivity contribution in [1.82, 2.24) is 4.57 Å². The Morgan fingerprint density at radius 3 is 2.55 bits per heavy atom. The summed E-state index contributed by atoms with van der Waals surface area (Å²) in [5.41, 5.74) is 1.63. The summed E-state index contributed by atoms with van der Waals surface area (Å²) in [6.45, 7) is 3.42. The summed E-state index contributed by atoms with van der Waals surface area (Å²) in [4.78, 5) is 43.6. The van der Waals surface area contributed by atoms with Gasteiger partial charge < -0.3 is 14.2 Å². The van der Waals surface area contributed by atoms with Crippen LogP contribution < -0.4 is 19.6 Å². The van der Waals surface area contributed by atoms with Gasteiger partial charge in [-0.3, -0.25) is 9.36 Å². The predicted octanol–water partition coefficient (Wildman–Crippen LogP) is 4.05. The van der Waals surface area contributed by atoms with Crippen molar-refractivity contribution in [3.63, 3.8) is 0 Å². The zero-order valence-corrected chi connectivity index (χ0v) is 23.2. The highest BCUT2D eigenvalue weighted by Crippen LogP contribution is 2.34. The van der Waals surface area contributed by atoms with E-state index in [0.29, 0.717) is 37.6 Å². The molecule has 0 unspecified atom stereocenters. The lowest BCUT2D eigenvalue weighted by atomic mass is 9.95. The number of carbonyl (C=O) groups is 2. The molecule has 0 N–H and O–H groups in total. The molecule has 0 saturated heterocycles. The summed E-state index contributed by atoms with van der Waals surface area (Å²) in [7, 11) is 1.30. The number of hydrogen-bond acceptors (Lipinski definition) is 8. The molecule has 0 fully saturated rings. The Morgan fingerprint density at radius 2 is 1.89 bits per heavy atom. The largest absolute Gasteiger partial charge is 0.480 e. The zero-order chi connectivity index (χ0) is 27.4. The number of halogens is 2. The number of benzene rings is 2. The maximum Gasteiger partial charge on any atom is 0.344 e. The highest BCUT2D eigenvalue weighted by atomic mass is 35.5. The second kappa shape index (κ2) is 12.0. The fourth-order valence-corrected chi connectivity index (χ4v) is 5.70. The summed E-state index contributed by atoms with van der Waals surface area (Å²) in [5.74, 6) is -0.932. The number of carbonyl (C=O) groups excluding carboxylic acids is 2. The molecule has 1 aliphatic heterocycles. The number of nitrogens with zero attached hydrogens (tertiary/aromatic N) is 2. The van der Waals surface area contributed by atoms with Crippen LogP contribution in [0, 0.1) is 0 Å². The zero-order valence-electron chi connectivity index (χ0n) is 20.8. The Labute approximate surface area is 232 Å². The van der Waals surface area contributed by atoms with Crippen molar-refractivity contribution in [2.24, 2.45) is 4.99 Å². The van der Waals surface area contributed by atoms with Gasteiger partial charge in [0.1, 0.15) is 5.75 Å². The van der Waals surface area contributed by atoms with Crippen LogP contribution >= 0.6 is 34.5 Å². The minimum atomic E-state index is -0.723. The van der Waals surface area contributed by atoms with Crippen LogP contribution in [0.1, 0.15) is 37.4 Å². The van der Waals surface area contributed by atoms with Crippen molar-refractivity contribution >= 4 is 52.6 Å². The van der Waals surface area contributed by atoms with Gasteiger partial charge in [-0.05, 0) is 37.1 Å². The molecule has 1 aromatic heterocycles. The molecule has 0 bridgehead atoms. The van der Waals surface area contributed by atoms with Crippen LogP contribution in [0.25, 0.3) is 6.08 Å². The van der Waals surface area contributed by atoms with E-state index < -0.39 is 18.0 Å². The van der Waals surface area contributed by atoms with Gasteiger partial charge in [0.15, 0.2) is 11.4 Å². The van der Waals surface area contributed by atoms with Gasteiger partial charge in [0.05, 0.1) is 40.6 Å². The SMILES string of the molecule is CCOC(=O)COc1c(Cl)cc(Cl)cc1/C=c1/sc2n(c1=O)[C@@H](c1ccccc1)C(C(=O)OC)=C(CC)N=2. The van der Waals surface area contributed by atoms with Crippen LogP contribution in [-0.2, 0) is 19.1 Å². The van der Waals surface area contributed by atoms with Crippen LogP contribution in [0.3, 0.4) is 0 Å². The van der Waals surface area contributed by atoms with Crippen molar-refractivity contribution in [3.8, 4) is 5.75 Å². The third-order valence-electron chi connectivity index (χ3n) is 5.73. The van der Waals surface area contributed by atoms with E-state index in [2.05, 4.69) is 4.99 Å². The molecule has 0 amide bonds. The van der Waals surface area contributed by atoms with Gasteiger partial charge in [0.2, 0.25) is 0 Å². The highest BCUT2D eigenvalue weighted by molar-refractivity contribution is 7.07. The number of fused-ring (bicyclic) bond motifs is 1. The fourth-order valence-electron chi connectivity index (χ4n) is 4.13. The first-order valence-electron chi connectivity index (χ1n) is 11.7. The molecular weight excluding hydrogens is 551 g/mol. The van der Waals surface area contributed by atoms with E-state index in [9.17, 15) is 14.4 Å². The quantitative estimate of drug-likeness (QED) is 0.377. The number of aromatic nitrogens is 1. The number of esters is 2. The van der Waals surface area contributed by atoms with Crippen molar-refractivity contribution in [3.05, 3.63) is 94.6 Å². The van der Waals surface area contributed by atoms with Crippen LogP contribution in [0.2, 0.25) is 10.0 Å². The lowest BCUT2D eigenvalue weighted by Gasteiger charge is -2.25. The summed E-state index contributed by atoms with van der Waals surface area (Å²) >= 11 is 13.8. The number of thiazole rings is 1. The maximum atomic E-state index is 13.8. The maximum absolute atomic E-state index is 13.8. The van der Waals surface area contributed by atoms with Crippen molar-refractivity contribution in [2.75, 3.05) is 20.3 Å². The van der Waals surface area contributed by atoms with E-state index >= 15 is 0 Å². The Hall–Kier alpha value is -3.40. The van der Waals surface area contributed by atoms with Gasteiger partial charge in [-0.2, -0.15) is 0 Å². The van der Waals surface area contributed by atoms with E-state index in [1.807, 2.05) is 37.3 Å². The molecule has 11 heteroatoms. The number of rotatable bonds is 8. The standard InChI is InChI=1S/C27H24Cl2N2O6S/c1-4-19-22(26(34)35-3)23(15-9-7-6-8-10-15)31-25(33)20(38-27(31)30-19)12-16-11-17(28)13-18(29)24(16)37-14-21(32)36-5-2/h6-13,23H,4-5,14H2,1-3H3/b20-12+/t23-/m0/s1. The molecule has 0 saturated carbocycles. The third kappa shape index (κ3) is 5.55. The van der Waals surface area contributed by atoms with E-state index in [0.717, 1.165) is 16.9 Å². The molecule has 1 aliphatic rings. The smallest absolute Gasteiger partial charge is 0.344 e. The number of methoxy groups -OCH3 is 1. The van der Waals surface area contributed by atoms with E-state index in [-0.39, 0.29) is 29.5 Å². The molecule has 0 radical (unpaired) electrons. The van der Waals surface area contributed by atoms with Gasteiger partial charge in [-0.15, -0.1) is 0 Å². The minimum absolute atomic E-state index is 0.171. The van der Waals surface area contributed by atoms with Crippen molar-refractivity contribution < 1.29 is 23.8 Å². The predicted molar refractivity (Wildman–Crippen MR) is 145 cm³/mol. The second-order valence-electron chi connectivity index (χ2n) is 8.10. The summed E-state index contributed by atoms with van der Waals surface area (Å²) in [5, 5.41) is 0.491. The first-order chi connectivity index (χ1) is 18.3. The molecule has 8 nitrogen and oxygen atoms in total. The van der Waals surface area contributed by atoms with Crippen molar-refractivity contribution in [2.45, 2.75) is 26.3 Å². The molecule has 38 heavy (non-hydrogen) atoms. The lowest BCUT2D eigenvalue weighted by Crippen LogP contribution is -2.40. The van der Waals surface area contributed by atoms with Crippen LogP contribution in [0.4, 0.5) is 0 Å². The normalized spacial score (nSPS) is 15.1. The molecule has 2 aromatic carbocycles. The molecule has 0 aliphatic carbocycles. The first-order valence-corrected chi connectivity index (χ1v) is 13.3. The number of ether oxygens (including phenoxy) is 3. The van der Waals surface area contributed by atoms with Crippen LogP contribution in [0.5, 0.6) is 5.75 Å². The second-order valence-corrected chi connectivity index (χ2v) is 9.95. The van der Waals surface area contributed by atoms with Crippen LogP contribution in [-0.4, -0.2) is 36.8 Å². The Bertz CT molecular complexity index is 1590. The van der Waals surface area contributed by atoms with E-state index in [1.54, 1.807) is 19.1 Å². The highest BCUT2D eigenvalue weighted by Gasteiger charge is 2.33. The molecule has 2 heterocycles. The Balaban J connectivity index is 1.91. The number of allylic oxidation sites excluding steroid dienone is 1. The Kier molecular flexibility index (Phi) is 8.71. The third-order valence-corrected chi connectivity index (χ3v) is 7.21. The lowest BCUT2D eigenvalue weighted by molar-refractivity contribution is -0.145. The van der Waals surface area contributed by atoms with Gasteiger partial charge in [-0.1, -0.05) is 71.8 Å². The van der Waals surface area contributed by atoms with Crippen LogP contribution in [0.15, 0.2) is 63.5 Å². The van der Waals surface area contributed by atoms with E-state index in [1.165, 1.54) is 17.7 Å². The molecule has 4 rings (SSSR count). The molecule has 198 valence electrons. The van der Waals surface area contributed by atoms with Gasteiger partial charge >= 0.3 is 11.9 Å². The monoisotopic (exact) mass is 574 g/mol. The fraction of sp³-hybridized carbons (Fsp3) is 0.259. The Morgan fingerprint density at radius 1 is 1.16 bits per heavy atom. The molecular formula is C27H24Cl2N2O6S. The topological polar surface area (TPSA) is 96.2 Å². The molecule has 3 aromatic rings. The summed E-state index contributed by atoms with van der Waals surface area (Å²) in [6, 6.07) is 11.6. The first kappa shape index (κ1) is 27.6. The minimum Gasteiger partial charge on any atom is -0.480 e. The molecule has 0 spiro atoms. The molecule has 1 atom stereocenters. The summed E-state index contributed by atoms with van der Waals surface area (Å²) in [6.07, 6.45) is 2.05. The number of hydrogen-bond donors (Lipinski definition) is 0. The van der Waals surface area contributed by atoms with Crippen molar-refractivity contribution in [1.29, 1.82) is 0 Å². The van der Waals surface area contributed by atoms with Gasteiger partial charge in [0.25, 0.3) is 5.56 Å².